The summed E-state index contributed by atoms with van der Waals surface area (Å²) in [4.78, 5) is 12.1. The van der Waals surface area contributed by atoms with E-state index in [1.807, 2.05) is 17.7 Å². The highest BCUT2D eigenvalue weighted by Gasteiger charge is 2.22. The number of amides is 1. The lowest BCUT2D eigenvalue weighted by Gasteiger charge is -2.14. The average Bonchev–Trinajstić information content (AvgIpc) is 3.09. The Morgan fingerprint density at radius 2 is 2.20 bits per heavy atom. The second kappa shape index (κ2) is 5.44. The van der Waals surface area contributed by atoms with E-state index in [4.69, 9.17) is 4.42 Å². The Kier molecular flexibility index (Phi) is 3.65. The smallest absolute Gasteiger partial charge is 0.292 e. The molecule has 0 aliphatic heterocycles. The van der Waals surface area contributed by atoms with Gasteiger partial charge in [0.25, 0.3) is 5.91 Å². The van der Waals surface area contributed by atoms with Gasteiger partial charge < -0.3 is 9.73 Å². The van der Waals surface area contributed by atoms with Crippen LogP contribution >= 0.6 is 15.9 Å². The molecule has 3 rings (SSSR count). The molecule has 6 heteroatoms. The monoisotopic (exact) mass is 337 g/mol. The van der Waals surface area contributed by atoms with Crippen molar-refractivity contribution in [2.24, 2.45) is 0 Å². The van der Waals surface area contributed by atoms with E-state index in [-0.39, 0.29) is 11.7 Å². The van der Waals surface area contributed by atoms with Crippen LogP contribution in [-0.4, -0.2) is 15.7 Å². The molecule has 1 aliphatic carbocycles. The summed E-state index contributed by atoms with van der Waals surface area (Å²) >= 11 is 3.19. The molecular formula is C14H16BrN3O2. The molecule has 1 aliphatic rings. The molecule has 20 heavy (non-hydrogen) atoms. The van der Waals surface area contributed by atoms with Gasteiger partial charge in [-0.05, 0) is 47.8 Å². The first-order valence-corrected chi connectivity index (χ1v) is 7.55. The van der Waals surface area contributed by atoms with E-state index < -0.39 is 0 Å². The number of aromatic nitrogens is 2. The lowest BCUT2D eigenvalue weighted by molar-refractivity contribution is 0.0994. The minimum Gasteiger partial charge on any atom is -0.444 e. The Hall–Kier alpha value is -1.56. The van der Waals surface area contributed by atoms with Gasteiger partial charge in [0, 0.05) is 6.07 Å². The molecule has 2 aromatic rings. The van der Waals surface area contributed by atoms with E-state index in [0.29, 0.717) is 10.7 Å². The lowest BCUT2D eigenvalue weighted by atomic mass is 10.2. The maximum absolute atomic E-state index is 12.1. The van der Waals surface area contributed by atoms with Gasteiger partial charge in [-0.15, -0.1) is 0 Å². The number of rotatable bonds is 3. The predicted octanol–water partition coefficient (Wildman–Crippen LogP) is 3.91. The van der Waals surface area contributed by atoms with E-state index in [2.05, 4.69) is 26.3 Å². The minimum absolute atomic E-state index is 0.255. The number of hydrogen-bond donors (Lipinski definition) is 1. The Morgan fingerprint density at radius 3 is 2.85 bits per heavy atom. The average molecular weight is 338 g/mol. The summed E-state index contributed by atoms with van der Waals surface area (Å²) in [7, 11) is 0. The fraction of sp³-hybridized carbons (Fsp3) is 0.429. The van der Waals surface area contributed by atoms with Gasteiger partial charge in [0.15, 0.2) is 10.4 Å². The fourth-order valence-corrected chi connectivity index (χ4v) is 2.96. The molecule has 2 aromatic heterocycles. The Balaban J connectivity index is 1.81. The number of aryl methyl sites for hydroxylation is 1. The first-order chi connectivity index (χ1) is 9.63. The van der Waals surface area contributed by atoms with Crippen molar-refractivity contribution >= 4 is 27.7 Å². The normalized spacial score (nSPS) is 15.7. The molecular weight excluding hydrogens is 322 g/mol. The van der Waals surface area contributed by atoms with Gasteiger partial charge in [-0.25, -0.2) is 4.68 Å². The molecule has 1 saturated carbocycles. The summed E-state index contributed by atoms with van der Waals surface area (Å²) in [6.45, 7) is 1.94. The third-order valence-electron chi connectivity index (χ3n) is 3.57. The zero-order valence-electron chi connectivity index (χ0n) is 11.2. The molecule has 1 amide bonds. The summed E-state index contributed by atoms with van der Waals surface area (Å²) in [5, 5.41) is 7.39. The largest absolute Gasteiger partial charge is 0.444 e. The third-order valence-corrected chi connectivity index (χ3v) is 3.99. The van der Waals surface area contributed by atoms with Gasteiger partial charge >= 0.3 is 0 Å². The molecule has 2 heterocycles. The summed E-state index contributed by atoms with van der Waals surface area (Å²) in [6.07, 6.45) is 4.69. The first kappa shape index (κ1) is 13.4. The summed E-state index contributed by atoms with van der Waals surface area (Å²) in [5.41, 5.74) is 0.910. The van der Waals surface area contributed by atoms with Crippen molar-refractivity contribution in [3.05, 3.63) is 34.3 Å². The Morgan fingerprint density at radius 1 is 1.45 bits per heavy atom. The van der Waals surface area contributed by atoms with Crippen LogP contribution in [0.4, 0.5) is 5.82 Å². The van der Waals surface area contributed by atoms with Crippen molar-refractivity contribution in [1.29, 1.82) is 0 Å². The third kappa shape index (κ3) is 2.65. The fourth-order valence-electron chi connectivity index (χ4n) is 2.65. The molecule has 5 nitrogen and oxygen atoms in total. The van der Waals surface area contributed by atoms with Crippen LogP contribution in [0.5, 0.6) is 0 Å². The van der Waals surface area contributed by atoms with Crippen LogP contribution in [0.2, 0.25) is 0 Å². The van der Waals surface area contributed by atoms with Crippen LogP contribution in [0.1, 0.15) is 48.0 Å². The van der Waals surface area contributed by atoms with Crippen LogP contribution in [0.25, 0.3) is 0 Å². The van der Waals surface area contributed by atoms with Crippen molar-refractivity contribution in [3.63, 3.8) is 0 Å². The summed E-state index contributed by atoms with van der Waals surface area (Å²) in [5.74, 6) is 0.774. The number of nitrogens with zero attached hydrogens (tertiary/aromatic N) is 2. The van der Waals surface area contributed by atoms with Crippen molar-refractivity contribution in [3.8, 4) is 0 Å². The zero-order chi connectivity index (χ0) is 14.1. The highest BCUT2D eigenvalue weighted by Crippen LogP contribution is 2.32. The van der Waals surface area contributed by atoms with Crippen LogP contribution in [0, 0.1) is 6.92 Å². The molecule has 0 bridgehead atoms. The van der Waals surface area contributed by atoms with Crippen LogP contribution in [-0.2, 0) is 0 Å². The van der Waals surface area contributed by atoms with Crippen LogP contribution in [0.3, 0.4) is 0 Å². The Bertz CT molecular complexity index is 626. The number of furan rings is 1. The van der Waals surface area contributed by atoms with E-state index >= 15 is 0 Å². The number of carbonyl (C=O) groups excluding carboxylic acids is 1. The second-order valence-corrected chi connectivity index (χ2v) is 5.89. The maximum atomic E-state index is 12.1. The number of hydrogen-bond acceptors (Lipinski definition) is 3. The minimum atomic E-state index is -0.255. The van der Waals surface area contributed by atoms with Gasteiger partial charge in [-0.1, -0.05) is 12.8 Å². The molecule has 0 aromatic carbocycles. The van der Waals surface area contributed by atoms with Gasteiger partial charge in [0.1, 0.15) is 5.82 Å². The van der Waals surface area contributed by atoms with Crippen LogP contribution in [0.15, 0.2) is 27.3 Å². The van der Waals surface area contributed by atoms with E-state index in [1.54, 1.807) is 12.1 Å². The lowest BCUT2D eigenvalue weighted by Crippen LogP contribution is -2.17. The molecule has 106 valence electrons. The zero-order valence-corrected chi connectivity index (χ0v) is 12.8. The maximum Gasteiger partial charge on any atom is 0.292 e. The number of nitrogens with one attached hydrogen (secondary N) is 1. The topological polar surface area (TPSA) is 60.1 Å². The molecule has 1 fully saturated rings. The first-order valence-electron chi connectivity index (χ1n) is 6.76. The highest BCUT2D eigenvalue weighted by molar-refractivity contribution is 9.10. The molecule has 0 saturated heterocycles. The quantitative estimate of drug-likeness (QED) is 0.923. The van der Waals surface area contributed by atoms with E-state index in [0.717, 1.165) is 24.4 Å². The molecule has 0 spiro atoms. The number of halogens is 1. The van der Waals surface area contributed by atoms with Gasteiger partial charge in [0.2, 0.25) is 0 Å². The summed E-state index contributed by atoms with van der Waals surface area (Å²) < 4.78 is 7.75. The van der Waals surface area contributed by atoms with Crippen molar-refractivity contribution in [2.75, 3.05) is 5.32 Å². The predicted molar refractivity (Wildman–Crippen MR) is 78.8 cm³/mol. The SMILES string of the molecule is Cc1cc(NC(=O)c2ccc(Br)o2)n(C2CCCC2)n1. The number of anilines is 1. The van der Waals surface area contributed by atoms with Crippen molar-refractivity contribution in [2.45, 2.75) is 38.6 Å². The number of carbonyl (C=O) groups is 1. The molecule has 0 unspecified atom stereocenters. The van der Waals surface area contributed by atoms with Crippen LogP contribution < -0.4 is 5.32 Å². The van der Waals surface area contributed by atoms with Crippen molar-refractivity contribution in [1.82, 2.24) is 9.78 Å². The van der Waals surface area contributed by atoms with Gasteiger partial charge in [-0.3, -0.25) is 4.79 Å². The highest BCUT2D eigenvalue weighted by atomic mass is 79.9. The van der Waals surface area contributed by atoms with Gasteiger partial charge in [0.05, 0.1) is 11.7 Å². The van der Waals surface area contributed by atoms with E-state index in [1.165, 1.54) is 12.8 Å². The second-order valence-electron chi connectivity index (χ2n) is 5.11. The molecule has 0 radical (unpaired) electrons. The molecule has 1 N–H and O–H groups in total. The van der Waals surface area contributed by atoms with E-state index in [9.17, 15) is 4.79 Å². The van der Waals surface area contributed by atoms with Crippen molar-refractivity contribution < 1.29 is 9.21 Å². The van der Waals surface area contributed by atoms with Gasteiger partial charge in [-0.2, -0.15) is 5.10 Å². The Labute approximate surface area is 125 Å². The summed E-state index contributed by atoms with van der Waals surface area (Å²) in [6, 6.07) is 5.63. The molecule has 0 atom stereocenters. The standard InChI is InChI=1S/C14H16BrN3O2/c1-9-8-13(18(17-9)10-4-2-3-5-10)16-14(19)11-6-7-12(15)20-11/h6-8,10H,2-5H2,1H3,(H,16,19).